The Hall–Kier alpha value is -2.75. The first-order valence-electron chi connectivity index (χ1n) is 9.02. The molecule has 0 spiro atoms. The van der Waals surface area contributed by atoms with E-state index in [0.717, 1.165) is 28.7 Å². The van der Waals surface area contributed by atoms with Crippen LogP contribution in [0.15, 0.2) is 72.8 Å². The van der Waals surface area contributed by atoms with E-state index in [1.165, 1.54) is 0 Å². The Labute approximate surface area is 173 Å². The number of amides is 1. The molecule has 0 radical (unpaired) electrons. The van der Waals surface area contributed by atoms with Gasteiger partial charge in [0, 0.05) is 28.8 Å². The average molecular weight is 409 g/mol. The van der Waals surface area contributed by atoms with Crippen molar-refractivity contribution >= 4 is 45.7 Å². The van der Waals surface area contributed by atoms with Crippen molar-refractivity contribution in [3.05, 3.63) is 88.4 Å². The minimum Gasteiger partial charge on any atom is -0.341 e. The number of carbonyl (C=O) groups excluding carboxylic acids is 1. The van der Waals surface area contributed by atoms with Crippen LogP contribution in [0.3, 0.4) is 0 Å². The lowest BCUT2D eigenvalue weighted by molar-refractivity contribution is 0.102. The van der Waals surface area contributed by atoms with Gasteiger partial charge in [0.2, 0.25) is 0 Å². The third kappa shape index (κ3) is 3.39. The Kier molecular flexibility index (Phi) is 5.12. The summed E-state index contributed by atoms with van der Waals surface area (Å²) in [6, 6.07) is 23.3. The van der Waals surface area contributed by atoms with E-state index in [2.05, 4.69) is 35.0 Å². The summed E-state index contributed by atoms with van der Waals surface area (Å²) in [5.74, 6) is -0.326. The highest BCUT2D eigenvalue weighted by atomic mass is 35.5. The highest BCUT2D eigenvalue weighted by Crippen LogP contribution is 2.31. The maximum atomic E-state index is 12.7. The molecule has 0 aliphatic carbocycles. The molecule has 140 valence electrons. The first kappa shape index (κ1) is 18.6. The van der Waals surface area contributed by atoms with Gasteiger partial charge in [-0.1, -0.05) is 59.6 Å². The van der Waals surface area contributed by atoms with Crippen LogP contribution in [0.4, 0.5) is 5.69 Å². The van der Waals surface area contributed by atoms with Crippen LogP contribution in [0.1, 0.15) is 17.3 Å². The largest absolute Gasteiger partial charge is 0.341 e. The van der Waals surface area contributed by atoms with Crippen molar-refractivity contribution in [1.82, 2.24) is 4.57 Å². The van der Waals surface area contributed by atoms with Gasteiger partial charge in [-0.15, -0.1) is 0 Å². The van der Waals surface area contributed by atoms with Gasteiger partial charge >= 0.3 is 0 Å². The minimum absolute atomic E-state index is 0.280. The van der Waals surface area contributed by atoms with Crippen LogP contribution in [-0.4, -0.2) is 10.5 Å². The topological polar surface area (TPSA) is 34.0 Å². The molecular weight excluding hydrogens is 391 g/mol. The lowest BCUT2D eigenvalue weighted by atomic mass is 10.1. The second-order valence-corrected chi connectivity index (χ2v) is 7.28. The molecular formula is C23H18Cl2N2O. The summed E-state index contributed by atoms with van der Waals surface area (Å²) < 4.78 is 2.27. The van der Waals surface area contributed by atoms with E-state index in [4.69, 9.17) is 23.2 Å². The zero-order valence-corrected chi connectivity index (χ0v) is 16.8. The quantitative estimate of drug-likeness (QED) is 0.391. The number of fused-ring (bicyclic) bond motifs is 1. The first-order chi connectivity index (χ1) is 13.6. The molecule has 0 saturated carbocycles. The molecule has 4 aromatic rings. The summed E-state index contributed by atoms with van der Waals surface area (Å²) in [6.45, 7) is 2.98. The minimum atomic E-state index is -0.326. The van der Waals surface area contributed by atoms with Gasteiger partial charge in [-0.2, -0.15) is 0 Å². The highest BCUT2D eigenvalue weighted by molar-refractivity contribution is 6.40. The van der Waals surface area contributed by atoms with Gasteiger partial charge in [-0.05, 0) is 48.9 Å². The van der Waals surface area contributed by atoms with E-state index in [0.29, 0.717) is 15.7 Å². The standard InChI is InChI=1S/C23H18Cl2N2O/c1-2-27-20-12-11-17(26-23(28)22-18(24)9-6-10-19(22)25)13-16(20)14-21(27)15-7-4-3-5-8-15/h3-14H,2H2,1H3,(H,26,28). The summed E-state index contributed by atoms with van der Waals surface area (Å²) in [4.78, 5) is 12.7. The molecule has 0 fully saturated rings. The molecule has 5 heteroatoms. The van der Waals surface area contributed by atoms with Crippen LogP contribution in [0.5, 0.6) is 0 Å². The summed E-state index contributed by atoms with van der Waals surface area (Å²) in [6.07, 6.45) is 0. The molecule has 28 heavy (non-hydrogen) atoms. The maximum Gasteiger partial charge on any atom is 0.258 e. The third-order valence-corrected chi connectivity index (χ3v) is 5.36. The number of aromatic nitrogens is 1. The number of aryl methyl sites for hydroxylation is 1. The van der Waals surface area contributed by atoms with Crippen LogP contribution < -0.4 is 5.32 Å². The second kappa shape index (κ2) is 7.70. The predicted octanol–water partition coefficient (Wildman–Crippen LogP) is 6.89. The number of hydrogen-bond donors (Lipinski definition) is 1. The van der Waals surface area contributed by atoms with Crippen molar-refractivity contribution < 1.29 is 4.79 Å². The fraction of sp³-hybridized carbons (Fsp3) is 0.0870. The molecule has 0 saturated heterocycles. The van der Waals surface area contributed by atoms with E-state index >= 15 is 0 Å². The molecule has 0 aliphatic heterocycles. The Morgan fingerprint density at radius 2 is 1.64 bits per heavy atom. The van der Waals surface area contributed by atoms with Crippen LogP contribution in [-0.2, 0) is 6.54 Å². The van der Waals surface area contributed by atoms with Crippen LogP contribution >= 0.6 is 23.2 Å². The number of benzene rings is 3. The average Bonchev–Trinajstić information content (AvgIpc) is 3.06. The van der Waals surface area contributed by atoms with E-state index < -0.39 is 0 Å². The number of carbonyl (C=O) groups is 1. The van der Waals surface area contributed by atoms with Gasteiger partial charge in [0.15, 0.2) is 0 Å². The van der Waals surface area contributed by atoms with Crippen molar-refractivity contribution in [2.24, 2.45) is 0 Å². The van der Waals surface area contributed by atoms with E-state index in [-0.39, 0.29) is 11.5 Å². The normalized spacial score (nSPS) is 11.0. The maximum absolute atomic E-state index is 12.7. The van der Waals surface area contributed by atoms with Crippen LogP contribution in [0.2, 0.25) is 10.0 Å². The predicted molar refractivity (Wildman–Crippen MR) is 117 cm³/mol. The number of rotatable bonds is 4. The number of halogens is 2. The van der Waals surface area contributed by atoms with Crippen molar-refractivity contribution in [2.75, 3.05) is 5.32 Å². The molecule has 3 nitrogen and oxygen atoms in total. The summed E-state index contributed by atoms with van der Waals surface area (Å²) in [7, 11) is 0. The monoisotopic (exact) mass is 408 g/mol. The summed E-state index contributed by atoms with van der Waals surface area (Å²) in [5.41, 5.74) is 4.41. The smallest absolute Gasteiger partial charge is 0.258 e. The molecule has 1 aromatic heterocycles. The molecule has 0 aliphatic rings. The number of nitrogens with one attached hydrogen (secondary N) is 1. The molecule has 3 aromatic carbocycles. The molecule has 1 amide bonds. The summed E-state index contributed by atoms with van der Waals surface area (Å²) in [5, 5.41) is 4.62. The van der Waals surface area contributed by atoms with E-state index in [9.17, 15) is 4.79 Å². The molecule has 0 atom stereocenters. The molecule has 1 N–H and O–H groups in total. The number of anilines is 1. The van der Waals surface area contributed by atoms with Gasteiger partial charge < -0.3 is 9.88 Å². The second-order valence-electron chi connectivity index (χ2n) is 6.46. The molecule has 0 bridgehead atoms. The van der Waals surface area contributed by atoms with Gasteiger partial charge in [0.05, 0.1) is 15.6 Å². The van der Waals surface area contributed by atoms with Crippen LogP contribution in [0.25, 0.3) is 22.2 Å². The fourth-order valence-corrected chi connectivity index (χ4v) is 4.01. The number of hydrogen-bond acceptors (Lipinski definition) is 1. The highest BCUT2D eigenvalue weighted by Gasteiger charge is 2.16. The fourth-order valence-electron chi connectivity index (χ4n) is 3.45. The van der Waals surface area contributed by atoms with Crippen LogP contribution in [0, 0.1) is 0 Å². The van der Waals surface area contributed by atoms with E-state index in [1.54, 1.807) is 18.2 Å². The zero-order chi connectivity index (χ0) is 19.7. The SMILES string of the molecule is CCn1c(-c2ccccc2)cc2cc(NC(=O)c3c(Cl)cccc3Cl)ccc21. The molecule has 0 unspecified atom stereocenters. The third-order valence-electron chi connectivity index (χ3n) is 4.73. The number of nitrogens with zero attached hydrogens (tertiary/aromatic N) is 1. The van der Waals surface area contributed by atoms with Crippen molar-refractivity contribution in [1.29, 1.82) is 0 Å². The Morgan fingerprint density at radius 3 is 2.32 bits per heavy atom. The summed E-state index contributed by atoms with van der Waals surface area (Å²) >= 11 is 12.3. The first-order valence-corrected chi connectivity index (χ1v) is 9.78. The van der Waals surface area contributed by atoms with Gasteiger partial charge in [0.25, 0.3) is 5.91 Å². The van der Waals surface area contributed by atoms with Crippen molar-refractivity contribution in [3.63, 3.8) is 0 Å². The van der Waals surface area contributed by atoms with Gasteiger partial charge in [-0.3, -0.25) is 4.79 Å². The lowest BCUT2D eigenvalue weighted by Gasteiger charge is -2.10. The molecule has 4 rings (SSSR count). The van der Waals surface area contributed by atoms with Gasteiger partial charge in [0.1, 0.15) is 0 Å². The zero-order valence-electron chi connectivity index (χ0n) is 15.2. The lowest BCUT2D eigenvalue weighted by Crippen LogP contribution is -2.13. The van der Waals surface area contributed by atoms with Crippen molar-refractivity contribution in [2.45, 2.75) is 13.5 Å². The molecule has 1 heterocycles. The van der Waals surface area contributed by atoms with Gasteiger partial charge in [-0.25, -0.2) is 0 Å². The Balaban J connectivity index is 1.71. The Morgan fingerprint density at radius 1 is 0.929 bits per heavy atom. The van der Waals surface area contributed by atoms with E-state index in [1.807, 2.05) is 36.4 Å². The Bertz CT molecular complexity index is 1150. The van der Waals surface area contributed by atoms with Crippen molar-refractivity contribution in [3.8, 4) is 11.3 Å².